The van der Waals surface area contributed by atoms with Crippen LogP contribution in [0.3, 0.4) is 0 Å². The second kappa shape index (κ2) is 4.65. The molecule has 0 atom stereocenters. The van der Waals surface area contributed by atoms with Crippen LogP contribution in [0.2, 0.25) is 15.1 Å². The van der Waals surface area contributed by atoms with Crippen molar-refractivity contribution in [2.75, 3.05) is 7.11 Å². The zero-order valence-corrected chi connectivity index (χ0v) is 10.7. The van der Waals surface area contributed by atoms with Crippen LogP contribution < -0.4 is 0 Å². The van der Waals surface area contributed by atoms with Gasteiger partial charge in [-0.1, -0.05) is 64.1 Å². The van der Waals surface area contributed by atoms with Crippen LogP contribution in [0.1, 0.15) is 5.56 Å². The Morgan fingerprint density at radius 1 is 1.07 bits per heavy atom. The minimum Gasteiger partial charge on any atom is -0.346 e. The van der Waals surface area contributed by atoms with Gasteiger partial charge in [-0.15, -0.1) is 0 Å². The Balaban J connectivity index is 3.31. The first-order chi connectivity index (χ1) is 6.40. The van der Waals surface area contributed by atoms with Crippen molar-refractivity contribution in [2.45, 2.75) is 4.52 Å². The normalized spacial score (nSPS) is 11.9. The van der Waals surface area contributed by atoms with Crippen molar-refractivity contribution in [3.8, 4) is 0 Å². The first-order valence-corrected chi connectivity index (χ1v) is 5.36. The van der Waals surface area contributed by atoms with Gasteiger partial charge in [0, 0.05) is 12.7 Å². The van der Waals surface area contributed by atoms with Crippen molar-refractivity contribution < 1.29 is 4.74 Å². The standard InChI is InChI=1S/C8H5Cl5O/c1-14-8(12,13)4-2-3-5(9)7(11)6(4)10/h2-3H,1H3. The summed E-state index contributed by atoms with van der Waals surface area (Å²) in [6, 6.07) is 3.10. The van der Waals surface area contributed by atoms with Crippen molar-refractivity contribution in [1.82, 2.24) is 0 Å². The summed E-state index contributed by atoms with van der Waals surface area (Å²) in [7, 11) is 1.36. The predicted molar refractivity (Wildman–Crippen MR) is 61.9 cm³/mol. The molecule has 0 amide bonds. The van der Waals surface area contributed by atoms with E-state index in [1.807, 2.05) is 0 Å². The maximum atomic E-state index is 5.90. The van der Waals surface area contributed by atoms with Gasteiger partial charge in [0.05, 0.1) is 15.1 Å². The lowest BCUT2D eigenvalue weighted by atomic mass is 10.2. The number of ether oxygens (including phenoxy) is 1. The van der Waals surface area contributed by atoms with Crippen molar-refractivity contribution in [3.63, 3.8) is 0 Å². The molecule has 0 saturated carbocycles. The van der Waals surface area contributed by atoms with Gasteiger partial charge in [0.25, 0.3) is 0 Å². The smallest absolute Gasteiger partial charge is 0.245 e. The van der Waals surface area contributed by atoms with Crippen LogP contribution >= 0.6 is 58.0 Å². The largest absolute Gasteiger partial charge is 0.346 e. The fourth-order valence-electron chi connectivity index (χ4n) is 0.861. The molecule has 0 aliphatic rings. The van der Waals surface area contributed by atoms with Gasteiger partial charge in [0.2, 0.25) is 4.52 Å². The quantitative estimate of drug-likeness (QED) is 0.558. The van der Waals surface area contributed by atoms with Crippen LogP contribution in [0.15, 0.2) is 12.1 Å². The lowest BCUT2D eigenvalue weighted by molar-refractivity contribution is 0.133. The lowest BCUT2D eigenvalue weighted by Crippen LogP contribution is -2.13. The summed E-state index contributed by atoms with van der Waals surface area (Å²) < 4.78 is 3.32. The Morgan fingerprint density at radius 2 is 1.64 bits per heavy atom. The Morgan fingerprint density at radius 3 is 2.14 bits per heavy atom. The maximum absolute atomic E-state index is 5.90. The van der Waals surface area contributed by atoms with E-state index in [4.69, 9.17) is 62.7 Å². The topological polar surface area (TPSA) is 9.23 Å². The molecular weight excluding hydrogens is 289 g/mol. The minimum absolute atomic E-state index is 0.186. The Hall–Kier alpha value is 0.630. The SMILES string of the molecule is COC(Cl)(Cl)c1ccc(Cl)c(Cl)c1Cl. The summed E-state index contributed by atoms with van der Waals surface area (Å²) in [4.78, 5) is 0. The van der Waals surface area contributed by atoms with Gasteiger partial charge in [-0.3, -0.25) is 0 Å². The molecule has 0 aliphatic heterocycles. The molecule has 1 aromatic rings. The number of methoxy groups -OCH3 is 1. The second-order valence-corrected chi connectivity index (χ2v) is 4.86. The Bertz CT molecular complexity index is 350. The first kappa shape index (κ1) is 12.7. The molecule has 0 heterocycles. The Kier molecular flexibility index (Phi) is 4.22. The molecular formula is C8H5Cl5O. The van der Waals surface area contributed by atoms with Gasteiger partial charge < -0.3 is 4.74 Å². The minimum atomic E-state index is -1.52. The van der Waals surface area contributed by atoms with Crippen LogP contribution in [-0.2, 0) is 9.26 Å². The second-order valence-electron chi connectivity index (χ2n) is 2.44. The highest BCUT2D eigenvalue weighted by Crippen LogP contribution is 2.43. The van der Waals surface area contributed by atoms with Crippen LogP contribution in [0.5, 0.6) is 0 Å². The average Bonchev–Trinajstić information content (AvgIpc) is 2.14. The van der Waals surface area contributed by atoms with Crippen LogP contribution in [0.4, 0.5) is 0 Å². The van der Waals surface area contributed by atoms with E-state index in [-0.39, 0.29) is 10.0 Å². The number of halogens is 5. The zero-order valence-electron chi connectivity index (χ0n) is 6.95. The number of alkyl halides is 2. The van der Waals surface area contributed by atoms with Crippen LogP contribution in [0, 0.1) is 0 Å². The van der Waals surface area contributed by atoms with Crippen molar-refractivity contribution in [2.24, 2.45) is 0 Å². The maximum Gasteiger partial charge on any atom is 0.245 e. The molecule has 0 aromatic heterocycles. The number of hydrogen-bond acceptors (Lipinski definition) is 1. The molecule has 0 bridgehead atoms. The molecule has 0 aliphatic carbocycles. The number of benzene rings is 1. The summed E-state index contributed by atoms with van der Waals surface area (Å²) >= 11 is 29.1. The molecule has 0 saturated heterocycles. The molecule has 0 unspecified atom stereocenters. The molecule has 0 N–H and O–H groups in total. The van der Waals surface area contributed by atoms with Crippen molar-refractivity contribution in [3.05, 3.63) is 32.8 Å². The van der Waals surface area contributed by atoms with Crippen LogP contribution in [-0.4, -0.2) is 7.11 Å². The summed E-state index contributed by atoms with van der Waals surface area (Å²) in [5, 5.41) is 0.722. The highest BCUT2D eigenvalue weighted by atomic mass is 35.5. The number of hydrogen-bond donors (Lipinski definition) is 0. The summed E-state index contributed by atoms with van der Waals surface area (Å²) in [6.07, 6.45) is 0. The third-order valence-corrected chi connectivity index (χ3v) is 3.61. The van der Waals surface area contributed by atoms with Gasteiger partial charge in [0.15, 0.2) is 0 Å². The molecule has 0 radical (unpaired) electrons. The predicted octanol–water partition coefficient (Wildman–Crippen LogP) is 4.88. The van der Waals surface area contributed by atoms with Crippen LogP contribution in [0.25, 0.3) is 0 Å². The monoisotopic (exact) mass is 292 g/mol. The van der Waals surface area contributed by atoms with E-state index in [0.717, 1.165) is 0 Å². The van der Waals surface area contributed by atoms with E-state index < -0.39 is 4.52 Å². The van der Waals surface area contributed by atoms with Gasteiger partial charge in [-0.25, -0.2) is 0 Å². The molecule has 14 heavy (non-hydrogen) atoms. The third-order valence-electron chi connectivity index (χ3n) is 1.61. The fourth-order valence-corrected chi connectivity index (χ4v) is 1.94. The van der Waals surface area contributed by atoms with E-state index in [2.05, 4.69) is 0 Å². The zero-order chi connectivity index (χ0) is 10.9. The van der Waals surface area contributed by atoms with Crippen molar-refractivity contribution >= 4 is 58.0 Å². The van der Waals surface area contributed by atoms with Gasteiger partial charge in [0.1, 0.15) is 0 Å². The fraction of sp³-hybridized carbons (Fsp3) is 0.250. The lowest BCUT2D eigenvalue weighted by Gasteiger charge is -2.19. The van der Waals surface area contributed by atoms with E-state index in [0.29, 0.717) is 10.6 Å². The summed E-state index contributed by atoms with van der Waals surface area (Å²) in [6.45, 7) is 0. The van der Waals surface area contributed by atoms with E-state index >= 15 is 0 Å². The molecule has 1 aromatic carbocycles. The molecule has 1 nitrogen and oxygen atoms in total. The first-order valence-electron chi connectivity index (χ1n) is 3.47. The molecule has 78 valence electrons. The molecule has 1 rings (SSSR count). The molecule has 0 spiro atoms. The van der Waals surface area contributed by atoms with E-state index in [9.17, 15) is 0 Å². The van der Waals surface area contributed by atoms with Gasteiger partial charge in [-0.05, 0) is 6.07 Å². The highest BCUT2D eigenvalue weighted by molar-refractivity contribution is 6.51. The summed E-state index contributed by atoms with van der Waals surface area (Å²) in [5.41, 5.74) is 0.361. The van der Waals surface area contributed by atoms with Gasteiger partial charge >= 0.3 is 0 Å². The van der Waals surface area contributed by atoms with E-state index in [1.165, 1.54) is 7.11 Å². The van der Waals surface area contributed by atoms with E-state index in [1.54, 1.807) is 12.1 Å². The van der Waals surface area contributed by atoms with Gasteiger partial charge in [-0.2, -0.15) is 0 Å². The van der Waals surface area contributed by atoms with Crippen molar-refractivity contribution in [1.29, 1.82) is 0 Å². The summed E-state index contributed by atoms with van der Waals surface area (Å²) in [5.74, 6) is 0. The molecule has 0 fully saturated rings. The number of rotatable bonds is 2. The Labute approximate surface area is 107 Å². The third kappa shape index (κ3) is 2.41. The highest BCUT2D eigenvalue weighted by Gasteiger charge is 2.30. The average molecular weight is 294 g/mol. The molecule has 6 heteroatoms.